The summed E-state index contributed by atoms with van der Waals surface area (Å²) in [5, 5.41) is 0. The SMILES string of the molecule is CC(C)(C)C1CN(C(=O)CN2Cc3ccccc3C2)C1. The first-order valence-electron chi connectivity index (χ1n) is 7.50. The molecular formula is C17H24N2O. The van der Waals surface area contributed by atoms with E-state index in [9.17, 15) is 4.79 Å². The Balaban J connectivity index is 1.50. The van der Waals surface area contributed by atoms with Gasteiger partial charge in [0.15, 0.2) is 0 Å². The van der Waals surface area contributed by atoms with E-state index >= 15 is 0 Å². The second-order valence-corrected chi connectivity index (χ2v) is 7.28. The molecule has 0 unspecified atom stereocenters. The molecule has 0 saturated carbocycles. The van der Waals surface area contributed by atoms with Crippen LogP contribution in [0.2, 0.25) is 0 Å². The molecule has 1 amide bonds. The number of nitrogens with zero attached hydrogens (tertiary/aromatic N) is 2. The van der Waals surface area contributed by atoms with E-state index in [1.54, 1.807) is 0 Å². The Morgan fingerprint density at radius 1 is 1.15 bits per heavy atom. The van der Waals surface area contributed by atoms with Crippen LogP contribution in [0.3, 0.4) is 0 Å². The first kappa shape index (κ1) is 13.6. The summed E-state index contributed by atoms with van der Waals surface area (Å²) in [6.45, 7) is 11.0. The van der Waals surface area contributed by atoms with Gasteiger partial charge in [0.2, 0.25) is 5.91 Å². The molecule has 0 N–H and O–H groups in total. The van der Waals surface area contributed by atoms with Crippen LogP contribution in [-0.4, -0.2) is 35.3 Å². The van der Waals surface area contributed by atoms with Crippen molar-refractivity contribution in [3.63, 3.8) is 0 Å². The van der Waals surface area contributed by atoms with Crippen LogP contribution in [0, 0.1) is 11.3 Å². The summed E-state index contributed by atoms with van der Waals surface area (Å²) in [6, 6.07) is 8.49. The van der Waals surface area contributed by atoms with Gasteiger partial charge in [-0.05, 0) is 22.5 Å². The van der Waals surface area contributed by atoms with Crippen molar-refractivity contribution in [3.05, 3.63) is 35.4 Å². The second kappa shape index (κ2) is 4.88. The lowest BCUT2D eigenvalue weighted by atomic mass is 9.76. The Bertz CT molecular complexity index is 487. The standard InChI is InChI=1S/C17H24N2O/c1-17(2,3)15-10-19(11-15)16(20)12-18-8-13-6-4-5-7-14(13)9-18/h4-7,15H,8-12H2,1-3H3. The van der Waals surface area contributed by atoms with Gasteiger partial charge in [0.25, 0.3) is 0 Å². The van der Waals surface area contributed by atoms with Crippen molar-refractivity contribution in [2.75, 3.05) is 19.6 Å². The highest BCUT2D eigenvalue weighted by atomic mass is 16.2. The van der Waals surface area contributed by atoms with E-state index in [0.29, 0.717) is 23.8 Å². The normalized spacial score (nSPS) is 19.9. The van der Waals surface area contributed by atoms with E-state index in [-0.39, 0.29) is 0 Å². The average Bonchev–Trinajstić information content (AvgIpc) is 2.66. The molecule has 0 aromatic heterocycles. The summed E-state index contributed by atoms with van der Waals surface area (Å²) < 4.78 is 0. The number of benzene rings is 1. The maximum Gasteiger partial charge on any atom is 0.236 e. The fourth-order valence-electron chi connectivity index (χ4n) is 3.04. The number of rotatable bonds is 2. The van der Waals surface area contributed by atoms with Crippen molar-refractivity contribution in [1.29, 1.82) is 0 Å². The van der Waals surface area contributed by atoms with Crippen molar-refractivity contribution >= 4 is 5.91 Å². The summed E-state index contributed by atoms with van der Waals surface area (Å²) in [5.74, 6) is 0.945. The fraction of sp³-hybridized carbons (Fsp3) is 0.588. The summed E-state index contributed by atoms with van der Waals surface area (Å²) in [6.07, 6.45) is 0. The van der Waals surface area contributed by atoms with Gasteiger partial charge in [-0.25, -0.2) is 0 Å². The first-order valence-corrected chi connectivity index (χ1v) is 7.50. The van der Waals surface area contributed by atoms with Gasteiger partial charge < -0.3 is 4.90 Å². The van der Waals surface area contributed by atoms with Crippen molar-refractivity contribution in [2.24, 2.45) is 11.3 Å². The molecule has 3 heteroatoms. The summed E-state index contributed by atoms with van der Waals surface area (Å²) in [4.78, 5) is 16.5. The van der Waals surface area contributed by atoms with Crippen LogP contribution in [0.15, 0.2) is 24.3 Å². The topological polar surface area (TPSA) is 23.6 Å². The van der Waals surface area contributed by atoms with Crippen molar-refractivity contribution in [3.8, 4) is 0 Å². The Morgan fingerprint density at radius 3 is 2.20 bits per heavy atom. The third kappa shape index (κ3) is 2.59. The third-order valence-corrected chi connectivity index (χ3v) is 4.72. The number of carbonyl (C=O) groups is 1. The molecule has 1 aromatic rings. The van der Waals surface area contributed by atoms with Gasteiger partial charge in [0.1, 0.15) is 0 Å². The molecule has 3 nitrogen and oxygen atoms in total. The van der Waals surface area contributed by atoms with Crippen LogP contribution in [0.1, 0.15) is 31.9 Å². The quantitative estimate of drug-likeness (QED) is 0.826. The molecule has 1 aromatic carbocycles. The van der Waals surface area contributed by atoms with Crippen molar-refractivity contribution in [2.45, 2.75) is 33.9 Å². The van der Waals surface area contributed by atoms with E-state index in [1.807, 2.05) is 4.90 Å². The van der Waals surface area contributed by atoms with Crippen molar-refractivity contribution in [1.82, 2.24) is 9.80 Å². The minimum absolute atomic E-state index is 0.290. The molecule has 1 fully saturated rings. The van der Waals surface area contributed by atoms with Crippen LogP contribution in [-0.2, 0) is 17.9 Å². The van der Waals surface area contributed by atoms with Crippen LogP contribution < -0.4 is 0 Å². The zero-order valence-corrected chi connectivity index (χ0v) is 12.7. The van der Waals surface area contributed by atoms with Gasteiger partial charge in [0.05, 0.1) is 6.54 Å². The predicted molar refractivity (Wildman–Crippen MR) is 80.1 cm³/mol. The molecule has 2 aliphatic rings. The lowest BCUT2D eigenvalue weighted by Crippen LogP contribution is -2.56. The minimum Gasteiger partial charge on any atom is -0.341 e. The molecule has 0 spiro atoms. The molecule has 108 valence electrons. The molecule has 0 atom stereocenters. The minimum atomic E-state index is 0.290. The van der Waals surface area contributed by atoms with Gasteiger partial charge in [-0.2, -0.15) is 0 Å². The first-order chi connectivity index (χ1) is 9.43. The fourth-order valence-corrected chi connectivity index (χ4v) is 3.04. The van der Waals surface area contributed by atoms with Crippen LogP contribution in [0.5, 0.6) is 0 Å². The number of amides is 1. The Morgan fingerprint density at radius 2 is 1.70 bits per heavy atom. The van der Waals surface area contributed by atoms with E-state index in [4.69, 9.17) is 0 Å². The van der Waals surface area contributed by atoms with Gasteiger partial charge in [-0.15, -0.1) is 0 Å². The molecule has 0 bridgehead atoms. The molecule has 1 saturated heterocycles. The largest absolute Gasteiger partial charge is 0.341 e. The monoisotopic (exact) mass is 272 g/mol. The molecule has 0 radical (unpaired) electrons. The summed E-state index contributed by atoms with van der Waals surface area (Å²) >= 11 is 0. The molecule has 20 heavy (non-hydrogen) atoms. The summed E-state index contributed by atoms with van der Waals surface area (Å²) in [5.41, 5.74) is 3.06. The highest BCUT2D eigenvalue weighted by molar-refractivity contribution is 5.79. The smallest absolute Gasteiger partial charge is 0.236 e. The lowest BCUT2D eigenvalue weighted by molar-refractivity contribution is -0.141. The average molecular weight is 272 g/mol. The Labute approximate surface area is 121 Å². The zero-order valence-electron chi connectivity index (χ0n) is 12.7. The van der Waals surface area contributed by atoms with E-state index < -0.39 is 0 Å². The maximum absolute atomic E-state index is 12.3. The van der Waals surface area contributed by atoms with Gasteiger partial charge >= 0.3 is 0 Å². The van der Waals surface area contributed by atoms with Crippen LogP contribution in [0.4, 0.5) is 0 Å². The molecular weight excluding hydrogens is 248 g/mol. The van der Waals surface area contributed by atoms with Crippen LogP contribution >= 0.6 is 0 Å². The Kier molecular flexibility index (Phi) is 3.33. The maximum atomic E-state index is 12.3. The number of carbonyl (C=O) groups excluding carboxylic acids is 1. The molecule has 2 aliphatic heterocycles. The molecule has 0 aliphatic carbocycles. The van der Waals surface area contributed by atoms with E-state index in [0.717, 1.165) is 26.2 Å². The lowest BCUT2D eigenvalue weighted by Gasteiger charge is -2.46. The summed E-state index contributed by atoms with van der Waals surface area (Å²) in [7, 11) is 0. The number of hydrogen-bond donors (Lipinski definition) is 0. The molecule has 2 heterocycles. The number of fused-ring (bicyclic) bond motifs is 1. The van der Waals surface area contributed by atoms with E-state index in [1.165, 1.54) is 11.1 Å². The number of hydrogen-bond acceptors (Lipinski definition) is 2. The number of likely N-dealkylation sites (tertiary alicyclic amines) is 1. The van der Waals surface area contributed by atoms with Gasteiger partial charge in [-0.3, -0.25) is 9.69 Å². The molecule has 3 rings (SSSR count). The third-order valence-electron chi connectivity index (χ3n) is 4.72. The van der Waals surface area contributed by atoms with Gasteiger partial charge in [-0.1, -0.05) is 45.0 Å². The van der Waals surface area contributed by atoms with E-state index in [2.05, 4.69) is 49.9 Å². The highest BCUT2D eigenvalue weighted by Crippen LogP contribution is 2.33. The predicted octanol–water partition coefficient (Wildman–Crippen LogP) is 2.51. The Hall–Kier alpha value is -1.35. The highest BCUT2D eigenvalue weighted by Gasteiger charge is 2.38. The second-order valence-electron chi connectivity index (χ2n) is 7.28. The van der Waals surface area contributed by atoms with Crippen LogP contribution in [0.25, 0.3) is 0 Å². The van der Waals surface area contributed by atoms with Gasteiger partial charge in [0, 0.05) is 26.2 Å². The van der Waals surface area contributed by atoms with Crippen molar-refractivity contribution < 1.29 is 4.79 Å². The zero-order chi connectivity index (χ0) is 14.3.